The van der Waals surface area contributed by atoms with Gasteiger partial charge in [0, 0.05) is 24.5 Å². The summed E-state index contributed by atoms with van der Waals surface area (Å²) in [6, 6.07) is 1.87. The molecule has 0 aliphatic carbocycles. The molecule has 0 saturated heterocycles. The van der Waals surface area contributed by atoms with E-state index in [0.717, 1.165) is 22.5 Å². The predicted molar refractivity (Wildman–Crippen MR) is 81.6 cm³/mol. The van der Waals surface area contributed by atoms with Gasteiger partial charge in [0.1, 0.15) is 5.69 Å². The zero-order chi connectivity index (χ0) is 15.6. The maximum Gasteiger partial charge on any atom is 0.222 e. The number of aromatic nitrogens is 5. The Balaban J connectivity index is 1.42. The number of rotatable bonds is 4. The van der Waals surface area contributed by atoms with Gasteiger partial charge in [0.15, 0.2) is 0 Å². The summed E-state index contributed by atoms with van der Waals surface area (Å²) < 4.78 is 12.9. The highest BCUT2D eigenvalue weighted by molar-refractivity contribution is 5.59. The van der Waals surface area contributed by atoms with Crippen LogP contribution in [0, 0.1) is 6.92 Å². The summed E-state index contributed by atoms with van der Waals surface area (Å²) in [5.41, 5.74) is 3.73. The van der Waals surface area contributed by atoms with Crippen LogP contribution in [-0.4, -0.2) is 37.6 Å². The number of nitrogens with one attached hydrogen (secondary N) is 1. The molecule has 1 unspecified atom stereocenters. The molecule has 1 atom stereocenters. The molecular weight excluding hydrogens is 296 g/mol. The summed E-state index contributed by atoms with van der Waals surface area (Å²) in [4.78, 5) is 8.44. The Kier molecular flexibility index (Phi) is 3.51. The van der Waals surface area contributed by atoms with E-state index in [-0.39, 0.29) is 6.10 Å². The van der Waals surface area contributed by atoms with E-state index in [0.29, 0.717) is 25.6 Å². The summed E-state index contributed by atoms with van der Waals surface area (Å²) in [5, 5.41) is 11.6. The van der Waals surface area contributed by atoms with Crippen molar-refractivity contribution in [2.45, 2.75) is 26.2 Å². The van der Waals surface area contributed by atoms with Crippen molar-refractivity contribution >= 4 is 5.95 Å². The monoisotopic (exact) mass is 312 g/mol. The van der Waals surface area contributed by atoms with E-state index in [1.54, 1.807) is 24.9 Å². The molecule has 3 aromatic heterocycles. The Morgan fingerprint density at radius 3 is 3.00 bits per heavy atom. The van der Waals surface area contributed by atoms with Crippen molar-refractivity contribution in [3.63, 3.8) is 0 Å². The molecule has 0 aromatic carbocycles. The third-order valence-corrected chi connectivity index (χ3v) is 3.73. The molecule has 0 fully saturated rings. The summed E-state index contributed by atoms with van der Waals surface area (Å²) in [6.07, 6.45) is 6.84. The maximum absolute atomic E-state index is 5.90. The van der Waals surface area contributed by atoms with Gasteiger partial charge < -0.3 is 14.5 Å². The van der Waals surface area contributed by atoms with Gasteiger partial charge in [-0.25, -0.2) is 14.6 Å². The lowest BCUT2D eigenvalue weighted by molar-refractivity contribution is 0.00879. The third kappa shape index (κ3) is 2.80. The fraction of sp³-hybridized carbons (Fsp3) is 0.333. The van der Waals surface area contributed by atoms with Crippen LogP contribution in [0.2, 0.25) is 0 Å². The van der Waals surface area contributed by atoms with E-state index in [1.807, 2.05) is 17.7 Å². The molecule has 1 N–H and O–H groups in total. The molecule has 8 nitrogen and oxygen atoms in total. The van der Waals surface area contributed by atoms with E-state index in [1.165, 1.54) is 0 Å². The number of hydrogen-bond acceptors (Lipinski definition) is 7. The van der Waals surface area contributed by atoms with Crippen LogP contribution in [0.1, 0.15) is 11.3 Å². The van der Waals surface area contributed by atoms with Gasteiger partial charge in [-0.15, -0.1) is 5.10 Å². The fourth-order valence-corrected chi connectivity index (χ4v) is 2.50. The van der Waals surface area contributed by atoms with Gasteiger partial charge in [0.05, 0.1) is 37.5 Å². The zero-order valence-electron chi connectivity index (χ0n) is 12.6. The van der Waals surface area contributed by atoms with Gasteiger partial charge >= 0.3 is 0 Å². The van der Waals surface area contributed by atoms with Gasteiger partial charge in [-0.1, -0.05) is 5.21 Å². The lowest BCUT2D eigenvalue weighted by Gasteiger charge is -2.24. The van der Waals surface area contributed by atoms with Crippen molar-refractivity contribution in [2.75, 3.05) is 11.9 Å². The number of nitrogens with zero attached hydrogens (tertiary/aromatic N) is 5. The van der Waals surface area contributed by atoms with Crippen LogP contribution >= 0.6 is 0 Å². The van der Waals surface area contributed by atoms with E-state index in [4.69, 9.17) is 9.15 Å². The van der Waals surface area contributed by atoms with Gasteiger partial charge in [0.25, 0.3) is 0 Å². The minimum atomic E-state index is -0.00805. The van der Waals surface area contributed by atoms with Crippen LogP contribution in [-0.2, 0) is 17.9 Å². The molecule has 23 heavy (non-hydrogen) atoms. The number of hydrogen-bond donors (Lipinski definition) is 1. The Morgan fingerprint density at radius 2 is 2.22 bits per heavy atom. The highest BCUT2D eigenvalue weighted by Crippen LogP contribution is 2.25. The normalized spacial score (nSPS) is 17.0. The molecule has 0 spiro atoms. The van der Waals surface area contributed by atoms with Gasteiger partial charge in [-0.05, 0) is 18.6 Å². The number of ether oxygens (including phenoxy) is 1. The summed E-state index contributed by atoms with van der Waals surface area (Å²) in [7, 11) is 0. The molecule has 8 heteroatoms. The first-order chi connectivity index (χ1) is 11.3. The molecule has 4 heterocycles. The quantitative estimate of drug-likeness (QED) is 0.783. The topological polar surface area (TPSA) is 90.9 Å². The van der Waals surface area contributed by atoms with Crippen LogP contribution in [0.15, 0.2) is 35.4 Å². The highest BCUT2D eigenvalue weighted by atomic mass is 16.5. The molecule has 118 valence electrons. The minimum absolute atomic E-state index is 0.00805. The molecular formula is C15H16N6O2. The lowest BCUT2D eigenvalue weighted by Crippen LogP contribution is -2.33. The second kappa shape index (κ2) is 5.81. The summed E-state index contributed by atoms with van der Waals surface area (Å²) in [5.74, 6) is 0.600. The van der Waals surface area contributed by atoms with Gasteiger partial charge in [-0.3, -0.25) is 0 Å². The standard InChI is InChI=1S/C15H16N6O2/c1-10-4-16-15(17-5-10)18-6-12-7-21-13(9-23-12)14(19-20-21)11-2-3-22-8-11/h2-5,8,12H,6-7,9H2,1H3,(H,16,17,18). The van der Waals surface area contributed by atoms with Crippen molar-refractivity contribution in [1.29, 1.82) is 0 Å². The van der Waals surface area contributed by atoms with Crippen LogP contribution in [0.25, 0.3) is 11.3 Å². The van der Waals surface area contributed by atoms with Crippen molar-refractivity contribution in [1.82, 2.24) is 25.0 Å². The van der Waals surface area contributed by atoms with E-state index in [9.17, 15) is 0 Å². The average molecular weight is 312 g/mol. The molecule has 0 bridgehead atoms. The van der Waals surface area contributed by atoms with Crippen LogP contribution in [0.3, 0.4) is 0 Å². The molecule has 0 radical (unpaired) electrons. The Bertz CT molecular complexity index is 781. The summed E-state index contributed by atoms with van der Waals surface area (Å²) >= 11 is 0. The first-order valence-corrected chi connectivity index (χ1v) is 7.38. The maximum atomic E-state index is 5.90. The predicted octanol–water partition coefficient (Wildman–Crippen LogP) is 1.65. The Labute approximate surface area is 132 Å². The van der Waals surface area contributed by atoms with E-state index < -0.39 is 0 Å². The minimum Gasteiger partial charge on any atom is -0.472 e. The van der Waals surface area contributed by atoms with Crippen LogP contribution in [0.5, 0.6) is 0 Å². The van der Waals surface area contributed by atoms with E-state index in [2.05, 4.69) is 25.6 Å². The molecule has 0 saturated carbocycles. The van der Waals surface area contributed by atoms with Crippen molar-refractivity contribution in [2.24, 2.45) is 0 Å². The number of furan rings is 1. The molecule has 1 aliphatic heterocycles. The molecule has 1 aliphatic rings. The SMILES string of the molecule is Cc1cnc(NCC2Cn3nnc(-c4ccoc4)c3CO2)nc1. The first kappa shape index (κ1) is 13.9. The lowest BCUT2D eigenvalue weighted by atomic mass is 10.2. The smallest absolute Gasteiger partial charge is 0.222 e. The highest BCUT2D eigenvalue weighted by Gasteiger charge is 2.24. The first-order valence-electron chi connectivity index (χ1n) is 7.38. The largest absolute Gasteiger partial charge is 0.472 e. The molecule has 3 aromatic rings. The van der Waals surface area contributed by atoms with Crippen molar-refractivity contribution in [3.8, 4) is 11.3 Å². The number of fused-ring (bicyclic) bond motifs is 1. The molecule has 0 amide bonds. The molecule has 4 rings (SSSR count). The Morgan fingerprint density at radius 1 is 1.35 bits per heavy atom. The second-order valence-corrected chi connectivity index (χ2v) is 5.48. The Hall–Kier alpha value is -2.74. The number of anilines is 1. The van der Waals surface area contributed by atoms with Crippen LogP contribution < -0.4 is 5.32 Å². The number of aryl methyl sites for hydroxylation is 1. The summed E-state index contributed by atoms with van der Waals surface area (Å²) in [6.45, 7) is 3.68. The van der Waals surface area contributed by atoms with Crippen molar-refractivity contribution < 1.29 is 9.15 Å². The van der Waals surface area contributed by atoms with Crippen molar-refractivity contribution in [3.05, 3.63) is 42.2 Å². The van der Waals surface area contributed by atoms with E-state index >= 15 is 0 Å². The second-order valence-electron chi connectivity index (χ2n) is 5.48. The van der Waals surface area contributed by atoms with Crippen LogP contribution in [0.4, 0.5) is 5.95 Å². The van der Waals surface area contributed by atoms with Gasteiger partial charge in [-0.2, -0.15) is 0 Å². The average Bonchev–Trinajstić information content (AvgIpc) is 3.23. The third-order valence-electron chi connectivity index (χ3n) is 3.73. The fourth-order valence-electron chi connectivity index (χ4n) is 2.50. The zero-order valence-corrected chi connectivity index (χ0v) is 12.6. The van der Waals surface area contributed by atoms with Gasteiger partial charge in [0.2, 0.25) is 5.95 Å².